The largest absolute Gasteiger partial charge is 0.330 e. The zero-order chi connectivity index (χ0) is 21.8. The molecule has 0 amide bonds. The van der Waals surface area contributed by atoms with Crippen LogP contribution in [0.15, 0.2) is 67.1 Å². The molecule has 10 heteroatoms. The highest BCUT2D eigenvalue weighted by Gasteiger charge is 2.07. The minimum atomic E-state index is 0.417. The topological polar surface area (TPSA) is 59.7 Å². The van der Waals surface area contributed by atoms with Gasteiger partial charge in [0.25, 0.3) is 0 Å². The molecule has 2 aromatic carbocycles. The molecule has 0 atom stereocenters. The molecule has 158 valence electrons. The number of aromatic nitrogens is 4. The summed E-state index contributed by atoms with van der Waals surface area (Å²) in [5.74, 6) is 0.645. The molecule has 0 fully saturated rings. The van der Waals surface area contributed by atoms with Crippen molar-refractivity contribution in [1.29, 1.82) is 0 Å². The maximum Gasteiger partial charge on any atom is 0.176 e. The maximum absolute atomic E-state index is 6.23. The van der Waals surface area contributed by atoms with Crippen LogP contribution in [0, 0.1) is 0 Å². The number of halogens is 3. The number of nitrogens with one attached hydrogen (secondary N) is 2. The number of benzene rings is 2. The van der Waals surface area contributed by atoms with Crippen LogP contribution in [0.4, 0.5) is 11.5 Å². The monoisotopic (exact) mass is 490 g/mol. The van der Waals surface area contributed by atoms with Crippen molar-refractivity contribution in [2.45, 2.75) is 13.1 Å². The minimum Gasteiger partial charge on any atom is -0.330 e. The molecule has 2 aromatic heterocycles. The molecule has 0 aliphatic rings. The lowest BCUT2D eigenvalue weighted by Crippen LogP contribution is -2.19. The molecule has 0 aliphatic carbocycles. The molecule has 2 N–H and O–H groups in total. The van der Waals surface area contributed by atoms with Crippen LogP contribution in [0.3, 0.4) is 0 Å². The van der Waals surface area contributed by atoms with Crippen molar-refractivity contribution in [3.63, 3.8) is 0 Å². The molecule has 2 heterocycles. The van der Waals surface area contributed by atoms with E-state index in [-0.39, 0.29) is 0 Å². The first-order chi connectivity index (χ1) is 14.9. The average Bonchev–Trinajstić information content (AvgIpc) is 3.35. The van der Waals surface area contributed by atoms with Crippen LogP contribution in [0.5, 0.6) is 0 Å². The summed E-state index contributed by atoms with van der Waals surface area (Å²) in [5.41, 5.74) is 2.78. The minimum absolute atomic E-state index is 0.417. The van der Waals surface area contributed by atoms with Gasteiger partial charge >= 0.3 is 0 Å². The molecule has 0 bridgehead atoms. The lowest BCUT2D eigenvalue weighted by molar-refractivity contribution is 0.687. The van der Waals surface area contributed by atoms with Crippen LogP contribution in [0.1, 0.15) is 11.1 Å². The van der Waals surface area contributed by atoms with Gasteiger partial charge in [0.1, 0.15) is 0 Å². The average molecular weight is 492 g/mol. The molecule has 0 saturated heterocycles. The lowest BCUT2D eigenvalue weighted by atomic mass is 10.2. The summed E-state index contributed by atoms with van der Waals surface area (Å²) in [6.07, 6.45) is 5.42. The Balaban J connectivity index is 1.32. The van der Waals surface area contributed by atoms with E-state index in [2.05, 4.69) is 20.8 Å². The summed E-state index contributed by atoms with van der Waals surface area (Å²) in [7, 11) is 0. The first-order valence-corrected chi connectivity index (χ1v) is 10.8. The molecule has 0 radical (unpaired) electrons. The Morgan fingerprint density at radius 1 is 0.903 bits per heavy atom. The van der Waals surface area contributed by atoms with Crippen LogP contribution < -0.4 is 10.6 Å². The fourth-order valence-corrected chi connectivity index (χ4v) is 3.73. The fourth-order valence-electron chi connectivity index (χ4n) is 2.91. The maximum atomic E-state index is 6.23. The molecular weight excluding hydrogens is 475 g/mol. The van der Waals surface area contributed by atoms with E-state index in [0.29, 0.717) is 39.1 Å². The van der Waals surface area contributed by atoms with E-state index in [0.717, 1.165) is 16.8 Å². The quantitative estimate of drug-likeness (QED) is 0.327. The van der Waals surface area contributed by atoms with Crippen molar-refractivity contribution < 1.29 is 0 Å². The number of nitrogens with zero attached hydrogens (tertiary/aromatic N) is 4. The van der Waals surface area contributed by atoms with Crippen molar-refractivity contribution in [1.82, 2.24) is 19.6 Å². The number of hydrogen-bond acceptors (Lipinski definition) is 3. The van der Waals surface area contributed by atoms with E-state index in [4.69, 9.17) is 47.0 Å². The van der Waals surface area contributed by atoms with Gasteiger partial charge in [-0.25, -0.2) is 0 Å². The van der Waals surface area contributed by atoms with Crippen LogP contribution in [0.2, 0.25) is 15.1 Å². The number of rotatable bonds is 6. The summed E-state index contributed by atoms with van der Waals surface area (Å²) < 4.78 is 3.59. The summed E-state index contributed by atoms with van der Waals surface area (Å²) in [5, 5.41) is 17.3. The van der Waals surface area contributed by atoms with Gasteiger partial charge in [0.05, 0.1) is 25.0 Å². The van der Waals surface area contributed by atoms with E-state index in [1.165, 1.54) is 0 Å². The molecule has 0 spiro atoms. The van der Waals surface area contributed by atoms with Crippen molar-refractivity contribution in [3.05, 3.63) is 93.3 Å². The van der Waals surface area contributed by atoms with Crippen LogP contribution in [0.25, 0.3) is 0 Å². The van der Waals surface area contributed by atoms with Crippen molar-refractivity contribution in [2.75, 3.05) is 10.6 Å². The lowest BCUT2D eigenvalue weighted by Gasteiger charge is -2.07. The number of hydrogen-bond donors (Lipinski definition) is 2. The Kier molecular flexibility index (Phi) is 6.77. The van der Waals surface area contributed by atoms with Gasteiger partial charge in [0, 0.05) is 33.5 Å². The van der Waals surface area contributed by atoms with Gasteiger partial charge in [-0.15, -0.1) is 0 Å². The zero-order valence-electron chi connectivity index (χ0n) is 16.1. The molecule has 0 aliphatic heterocycles. The first-order valence-electron chi connectivity index (χ1n) is 9.27. The van der Waals surface area contributed by atoms with E-state index in [1.54, 1.807) is 23.0 Å². The SMILES string of the molecule is S=C(Nc1cnn(Cc2ccc(Cl)cc2Cl)c1)Nc1ccn(Cc2ccc(Cl)cc2)n1. The van der Waals surface area contributed by atoms with Crippen molar-refractivity contribution in [2.24, 2.45) is 0 Å². The molecule has 0 saturated carbocycles. The Morgan fingerprint density at radius 3 is 2.45 bits per heavy atom. The van der Waals surface area contributed by atoms with Crippen molar-refractivity contribution >= 4 is 63.6 Å². The van der Waals surface area contributed by atoms with Crippen LogP contribution >= 0.6 is 47.0 Å². The smallest absolute Gasteiger partial charge is 0.176 e. The summed E-state index contributed by atoms with van der Waals surface area (Å²) in [6, 6.07) is 14.9. The predicted molar refractivity (Wildman–Crippen MR) is 130 cm³/mol. The predicted octanol–water partition coefficient (Wildman–Crippen LogP) is 5.95. The molecule has 4 rings (SSSR count). The standard InChI is InChI=1S/C21H17Cl3N6S/c22-16-4-1-14(2-5-16)11-29-8-7-20(28-29)27-21(31)26-18-10-25-30(13-18)12-15-3-6-17(23)9-19(15)24/h1-10,13H,11-12H2,(H2,26,27,28,31). The number of anilines is 2. The highest BCUT2D eigenvalue weighted by molar-refractivity contribution is 7.80. The van der Waals surface area contributed by atoms with Gasteiger partial charge in [-0.3, -0.25) is 9.36 Å². The molecule has 6 nitrogen and oxygen atoms in total. The Bertz CT molecular complexity index is 1200. The molecule has 0 unspecified atom stereocenters. The summed E-state index contributed by atoms with van der Waals surface area (Å²) in [6.45, 7) is 1.16. The zero-order valence-corrected chi connectivity index (χ0v) is 19.2. The van der Waals surface area contributed by atoms with E-state index in [1.807, 2.05) is 53.5 Å². The second-order valence-corrected chi connectivity index (χ2v) is 8.45. The third kappa shape index (κ3) is 5.98. The Labute approximate surface area is 199 Å². The Hall–Kier alpha value is -2.58. The van der Waals surface area contributed by atoms with Crippen LogP contribution in [-0.4, -0.2) is 24.7 Å². The highest BCUT2D eigenvalue weighted by atomic mass is 35.5. The van der Waals surface area contributed by atoms with E-state index < -0.39 is 0 Å². The van der Waals surface area contributed by atoms with Gasteiger partial charge in [0.15, 0.2) is 10.9 Å². The number of thiocarbonyl (C=S) groups is 1. The van der Waals surface area contributed by atoms with Crippen LogP contribution in [-0.2, 0) is 13.1 Å². The second kappa shape index (κ2) is 9.70. The second-order valence-electron chi connectivity index (χ2n) is 6.77. The third-order valence-electron chi connectivity index (χ3n) is 4.38. The van der Waals surface area contributed by atoms with E-state index in [9.17, 15) is 0 Å². The highest BCUT2D eigenvalue weighted by Crippen LogP contribution is 2.22. The van der Waals surface area contributed by atoms with Gasteiger partial charge in [0.2, 0.25) is 0 Å². The summed E-state index contributed by atoms with van der Waals surface area (Å²) >= 11 is 23.5. The van der Waals surface area contributed by atoms with Gasteiger partial charge < -0.3 is 10.6 Å². The molecule has 4 aromatic rings. The van der Waals surface area contributed by atoms with Crippen molar-refractivity contribution in [3.8, 4) is 0 Å². The first kappa shape index (κ1) is 21.6. The normalized spacial score (nSPS) is 10.8. The Morgan fingerprint density at radius 2 is 1.68 bits per heavy atom. The summed E-state index contributed by atoms with van der Waals surface area (Å²) in [4.78, 5) is 0. The molecular formula is C21H17Cl3N6S. The van der Waals surface area contributed by atoms with E-state index >= 15 is 0 Å². The van der Waals surface area contributed by atoms with Gasteiger partial charge in [-0.05, 0) is 47.6 Å². The van der Waals surface area contributed by atoms with Gasteiger partial charge in [-0.1, -0.05) is 53.0 Å². The van der Waals surface area contributed by atoms with Gasteiger partial charge in [-0.2, -0.15) is 10.2 Å². The molecule has 31 heavy (non-hydrogen) atoms. The third-order valence-corrected chi connectivity index (χ3v) is 5.42. The fraction of sp³-hybridized carbons (Fsp3) is 0.0952.